The molecule has 0 aliphatic carbocycles. The molecule has 0 bridgehead atoms. The number of thiophene rings is 1. The third-order valence-electron chi connectivity index (χ3n) is 2.99. The molecule has 0 unspecified atom stereocenters. The summed E-state index contributed by atoms with van der Waals surface area (Å²) in [7, 11) is -1.90. The monoisotopic (exact) mass is 345 g/mol. The molecule has 0 amide bonds. The van der Waals surface area contributed by atoms with Crippen LogP contribution in [0.1, 0.15) is 17.2 Å². The van der Waals surface area contributed by atoms with Crippen molar-refractivity contribution in [3.05, 3.63) is 57.2 Å². The van der Waals surface area contributed by atoms with Gasteiger partial charge in [0, 0.05) is 18.7 Å². The van der Waals surface area contributed by atoms with Crippen molar-refractivity contribution in [1.82, 2.24) is 4.72 Å². The first kappa shape index (κ1) is 16.5. The highest BCUT2D eigenvalue weighted by Gasteiger charge is 2.17. The van der Waals surface area contributed by atoms with Gasteiger partial charge in [0.15, 0.2) is 0 Å². The first-order valence-electron chi connectivity index (χ1n) is 6.27. The maximum Gasteiger partial charge on any atom is 0.215 e. The van der Waals surface area contributed by atoms with Crippen molar-refractivity contribution in [1.29, 1.82) is 0 Å². The second-order valence-corrected chi connectivity index (χ2v) is 7.47. The normalized spacial score (nSPS) is 13.2. The molecule has 114 valence electrons. The van der Waals surface area contributed by atoms with E-state index in [1.807, 2.05) is 16.8 Å². The van der Waals surface area contributed by atoms with Gasteiger partial charge in [-0.1, -0.05) is 29.8 Å². The molecular weight excluding hydrogens is 330 g/mol. The number of nitrogens with one attached hydrogen (secondary N) is 1. The maximum atomic E-state index is 12.1. The highest BCUT2D eigenvalue weighted by Crippen LogP contribution is 2.20. The summed E-state index contributed by atoms with van der Waals surface area (Å²) < 4.78 is 32.1. The van der Waals surface area contributed by atoms with E-state index in [1.54, 1.807) is 42.7 Å². The summed E-state index contributed by atoms with van der Waals surface area (Å²) in [4.78, 5) is 0. The maximum absolute atomic E-state index is 12.1. The molecule has 21 heavy (non-hydrogen) atoms. The van der Waals surface area contributed by atoms with Gasteiger partial charge in [-0.25, -0.2) is 13.1 Å². The molecule has 4 nitrogen and oxygen atoms in total. The molecule has 1 aromatic carbocycles. The molecule has 0 spiro atoms. The first-order valence-corrected chi connectivity index (χ1v) is 9.25. The van der Waals surface area contributed by atoms with Crippen LogP contribution in [0.15, 0.2) is 41.1 Å². The lowest BCUT2D eigenvalue weighted by atomic mass is 10.2. The fourth-order valence-corrected chi connectivity index (χ4v) is 4.02. The summed E-state index contributed by atoms with van der Waals surface area (Å²) in [5, 5.41) is 4.32. The van der Waals surface area contributed by atoms with Crippen LogP contribution in [0.2, 0.25) is 5.02 Å². The Morgan fingerprint density at radius 3 is 2.71 bits per heavy atom. The predicted molar refractivity (Wildman–Crippen MR) is 86.1 cm³/mol. The molecule has 1 N–H and O–H groups in total. The molecule has 0 aliphatic rings. The highest BCUT2D eigenvalue weighted by atomic mass is 35.5. The average molecular weight is 346 g/mol. The molecule has 0 saturated carbocycles. The van der Waals surface area contributed by atoms with Crippen molar-refractivity contribution in [3.8, 4) is 0 Å². The number of hydrogen-bond donors (Lipinski definition) is 1. The number of sulfonamides is 1. The Labute approximate surface area is 133 Å². The lowest BCUT2D eigenvalue weighted by Crippen LogP contribution is -2.30. The van der Waals surface area contributed by atoms with Crippen LogP contribution in [0, 0.1) is 0 Å². The summed E-state index contributed by atoms with van der Waals surface area (Å²) in [5.41, 5.74) is 1.54. The number of hydrogen-bond acceptors (Lipinski definition) is 4. The van der Waals surface area contributed by atoms with E-state index in [0.29, 0.717) is 10.6 Å². The number of ether oxygens (including phenoxy) is 1. The van der Waals surface area contributed by atoms with Gasteiger partial charge in [-0.05, 0) is 34.0 Å². The number of benzene rings is 1. The Morgan fingerprint density at radius 2 is 2.10 bits per heavy atom. The predicted octanol–water partition coefficient (Wildman–Crippen LogP) is 3.21. The summed E-state index contributed by atoms with van der Waals surface area (Å²) >= 11 is 7.53. The summed E-state index contributed by atoms with van der Waals surface area (Å²) in [5.74, 6) is -0.146. The molecule has 0 aliphatic heterocycles. The summed E-state index contributed by atoms with van der Waals surface area (Å²) in [6.45, 7) is 0.194. The molecule has 1 aromatic heterocycles. The second kappa shape index (κ2) is 7.38. The fourth-order valence-electron chi connectivity index (χ4n) is 1.87. The van der Waals surface area contributed by atoms with E-state index in [9.17, 15) is 8.42 Å². The quantitative estimate of drug-likeness (QED) is 0.838. The Bertz CT molecular complexity index is 671. The third-order valence-corrected chi connectivity index (χ3v) is 5.36. The number of methoxy groups -OCH3 is 1. The average Bonchev–Trinajstić information content (AvgIpc) is 2.96. The van der Waals surface area contributed by atoms with Crippen molar-refractivity contribution in [3.63, 3.8) is 0 Å². The molecule has 0 saturated heterocycles. The minimum atomic E-state index is -3.46. The second-order valence-electron chi connectivity index (χ2n) is 4.48. The van der Waals surface area contributed by atoms with Crippen LogP contribution in [0.3, 0.4) is 0 Å². The standard InChI is InChI=1S/C14H16ClNO3S2/c1-19-14(11-6-7-20-9-11)8-16-21(17,18)10-12-4-2-3-5-13(12)15/h2-7,9,14,16H,8,10H2,1H3/t14-/m0/s1. The SMILES string of the molecule is CO[C@@H](CNS(=O)(=O)Cc1ccccc1Cl)c1ccsc1. The number of rotatable bonds is 7. The van der Waals surface area contributed by atoms with Gasteiger partial charge in [-0.15, -0.1) is 0 Å². The molecule has 0 radical (unpaired) electrons. The van der Waals surface area contributed by atoms with Crippen LogP contribution < -0.4 is 4.72 Å². The van der Waals surface area contributed by atoms with Crippen molar-refractivity contribution in [2.24, 2.45) is 0 Å². The van der Waals surface area contributed by atoms with Crippen LogP contribution in [0.4, 0.5) is 0 Å². The van der Waals surface area contributed by atoms with Crippen molar-refractivity contribution >= 4 is 33.0 Å². The van der Waals surface area contributed by atoms with Crippen LogP contribution in [-0.4, -0.2) is 22.1 Å². The highest BCUT2D eigenvalue weighted by molar-refractivity contribution is 7.88. The zero-order valence-corrected chi connectivity index (χ0v) is 13.8. The van der Waals surface area contributed by atoms with Gasteiger partial charge in [0.25, 0.3) is 0 Å². The van der Waals surface area contributed by atoms with E-state index in [1.165, 1.54) is 0 Å². The van der Waals surface area contributed by atoms with Crippen LogP contribution >= 0.6 is 22.9 Å². The van der Waals surface area contributed by atoms with Crippen molar-refractivity contribution in [2.75, 3.05) is 13.7 Å². The van der Waals surface area contributed by atoms with Gasteiger partial charge in [0.2, 0.25) is 10.0 Å². The van der Waals surface area contributed by atoms with Crippen molar-refractivity contribution in [2.45, 2.75) is 11.9 Å². The Kier molecular flexibility index (Phi) is 5.78. The van der Waals surface area contributed by atoms with Gasteiger partial charge in [0.05, 0.1) is 11.9 Å². The molecule has 7 heteroatoms. The zero-order chi connectivity index (χ0) is 15.3. The Hall–Kier alpha value is -0.920. The molecule has 2 aromatic rings. The Morgan fingerprint density at radius 1 is 1.33 bits per heavy atom. The minimum absolute atomic E-state index is 0.146. The smallest absolute Gasteiger partial charge is 0.215 e. The van der Waals surface area contributed by atoms with Crippen molar-refractivity contribution < 1.29 is 13.2 Å². The van der Waals surface area contributed by atoms with Gasteiger partial charge < -0.3 is 4.74 Å². The molecular formula is C14H16ClNO3S2. The van der Waals surface area contributed by atoms with E-state index in [-0.39, 0.29) is 18.4 Å². The van der Waals surface area contributed by atoms with E-state index in [0.717, 1.165) is 5.56 Å². The molecule has 2 rings (SSSR count). The lowest BCUT2D eigenvalue weighted by Gasteiger charge is -2.15. The van der Waals surface area contributed by atoms with Crippen LogP contribution in [0.5, 0.6) is 0 Å². The molecule has 1 atom stereocenters. The van der Waals surface area contributed by atoms with Gasteiger partial charge in [0.1, 0.15) is 0 Å². The first-order chi connectivity index (χ1) is 10.0. The molecule has 1 heterocycles. The lowest BCUT2D eigenvalue weighted by molar-refractivity contribution is 0.107. The van der Waals surface area contributed by atoms with E-state index in [4.69, 9.17) is 16.3 Å². The number of halogens is 1. The van der Waals surface area contributed by atoms with E-state index in [2.05, 4.69) is 4.72 Å². The summed E-state index contributed by atoms with van der Waals surface area (Å²) in [6, 6.07) is 8.83. The van der Waals surface area contributed by atoms with E-state index >= 15 is 0 Å². The van der Waals surface area contributed by atoms with E-state index < -0.39 is 10.0 Å². The molecule has 0 fully saturated rings. The van der Waals surface area contributed by atoms with Gasteiger partial charge in [-0.3, -0.25) is 0 Å². The Balaban J connectivity index is 2.00. The van der Waals surface area contributed by atoms with Gasteiger partial charge >= 0.3 is 0 Å². The largest absolute Gasteiger partial charge is 0.375 e. The fraction of sp³-hybridized carbons (Fsp3) is 0.286. The van der Waals surface area contributed by atoms with Gasteiger partial charge in [-0.2, -0.15) is 11.3 Å². The summed E-state index contributed by atoms with van der Waals surface area (Å²) in [6.07, 6.45) is -0.294. The van der Waals surface area contributed by atoms with Crippen LogP contribution in [-0.2, 0) is 20.5 Å². The van der Waals surface area contributed by atoms with Crippen LogP contribution in [0.25, 0.3) is 0 Å². The third kappa shape index (κ3) is 4.79. The minimum Gasteiger partial charge on any atom is -0.375 e. The zero-order valence-electron chi connectivity index (χ0n) is 11.5. The topological polar surface area (TPSA) is 55.4 Å².